The topological polar surface area (TPSA) is 115 Å². The highest BCUT2D eigenvalue weighted by atomic mass is 16.5. The lowest BCUT2D eigenvalue weighted by Gasteiger charge is -2.14. The molecule has 2 aromatic carbocycles. The van der Waals surface area contributed by atoms with E-state index >= 15 is 0 Å². The van der Waals surface area contributed by atoms with Gasteiger partial charge in [-0.1, -0.05) is 41.6 Å². The van der Waals surface area contributed by atoms with Crippen LogP contribution in [0.4, 0.5) is 11.4 Å². The minimum atomic E-state index is -0.485. The Morgan fingerprint density at radius 1 is 0.971 bits per heavy atom. The standard InChI is InChI=1S/C26H22N6O3/c1-16-23-21(15-22(30-26(23)35-31-16)18-8-4-3-5-9-18)25(34)29-20-11-6-10-19(14-20)28-24(33)17(2)32-13-7-12-27-32/h3-15,17H,1-2H3,(H,28,33)(H,29,34). The fourth-order valence-corrected chi connectivity index (χ4v) is 3.78. The van der Waals surface area contributed by atoms with Gasteiger partial charge in [-0.2, -0.15) is 5.10 Å². The van der Waals surface area contributed by atoms with E-state index in [0.717, 1.165) is 5.56 Å². The molecule has 35 heavy (non-hydrogen) atoms. The molecule has 5 rings (SSSR count). The van der Waals surface area contributed by atoms with Gasteiger partial charge in [0, 0.05) is 29.3 Å². The van der Waals surface area contributed by atoms with Gasteiger partial charge in [0.2, 0.25) is 5.91 Å². The molecule has 0 spiro atoms. The lowest BCUT2D eigenvalue weighted by molar-refractivity contribution is -0.119. The molecule has 3 aromatic heterocycles. The van der Waals surface area contributed by atoms with Gasteiger partial charge in [-0.25, -0.2) is 4.98 Å². The lowest BCUT2D eigenvalue weighted by Crippen LogP contribution is -2.24. The summed E-state index contributed by atoms with van der Waals surface area (Å²) in [6, 6.07) is 19.5. The zero-order valence-corrected chi connectivity index (χ0v) is 19.1. The van der Waals surface area contributed by atoms with Crippen LogP contribution in [-0.2, 0) is 4.79 Å². The largest absolute Gasteiger partial charge is 0.335 e. The summed E-state index contributed by atoms with van der Waals surface area (Å²) in [7, 11) is 0. The van der Waals surface area contributed by atoms with Crippen molar-refractivity contribution in [2.45, 2.75) is 19.9 Å². The highest BCUT2D eigenvalue weighted by Crippen LogP contribution is 2.28. The number of aromatic nitrogens is 4. The Balaban J connectivity index is 1.41. The summed E-state index contributed by atoms with van der Waals surface area (Å²) in [5, 5.41) is 14.4. The summed E-state index contributed by atoms with van der Waals surface area (Å²) in [6.07, 6.45) is 3.35. The first kappa shape index (κ1) is 22.0. The third-order valence-corrected chi connectivity index (χ3v) is 5.62. The molecule has 9 nitrogen and oxygen atoms in total. The maximum absolute atomic E-state index is 13.4. The average Bonchev–Trinajstić information content (AvgIpc) is 3.54. The number of anilines is 2. The second-order valence-electron chi connectivity index (χ2n) is 8.06. The Hall–Kier alpha value is -4.79. The first-order valence-corrected chi connectivity index (χ1v) is 11.0. The van der Waals surface area contributed by atoms with Gasteiger partial charge >= 0.3 is 0 Å². The minimum absolute atomic E-state index is 0.222. The first-order chi connectivity index (χ1) is 17.0. The van der Waals surface area contributed by atoms with E-state index in [9.17, 15) is 9.59 Å². The molecule has 2 amide bonds. The van der Waals surface area contributed by atoms with Crippen LogP contribution < -0.4 is 10.6 Å². The van der Waals surface area contributed by atoms with Crippen molar-refractivity contribution in [1.82, 2.24) is 19.9 Å². The van der Waals surface area contributed by atoms with Gasteiger partial charge in [0.1, 0.15) is 6.04 Å². The number of carbonyl (C=O) groups excluding carboxylic acids is 2. The van der Waals surface area contributed by atoms with E-state index < -0.39 is 6.04 Å². The summed E-state index contributed by atoms with van der Waals surface area (Å²) < 4.78 is 6.94. The van der Waals surface area contributed by atoms with Crippen LogP contribution in [0.5, 0.6) is 0 Å². The number of benzene rings is 2. The fraction of sp³-hybridized carbons (Fsp3) is 0.115. The first-order valence-electron chi connectivity index (χ1n) is 11.0. The average molecular weight is 467 g/mol. The number of nitrogens with one attached hydrogen (secondary N) is 2. The van der Waals surface area contributed by atoms with E-state index in [4.69, 9.17) is 4.52 Å². The van der Waals surface area contributed by atoms with Crippen LogP contribution in [0.25, 0.3) is 22.4 Å². The van der Waals surface area contributed by atoms with Crippen LogP contribution in [0.1, 0.15) is 29.0 Å². The van der Waals surface area contributed by atoms with Crippen LogP contribution in [-0.4, -0.2) is 31.7 Å². The molecule has 0 bridgehead atoms. The lowest BCUT2D eigenvalue weighted by atomic mass is 10.0. The number of pyridine rings is 1. The van der Waals surface area contributed by atoms with Crippen LogP contribution in [0.15, 0.2) is 83.6 Å². The Morgan fingerprint density at radius 3 is 2.49 bits per heavy atom. The zero-order valence-electron chi connectivity index (χ0n) is 19.1. The SMILES string of the molecule is Cc1noc2nc(-c3ccccc3)cc(C(=O)Nc3cccc(NC(=O)C(C)n4cccn4)c3)c12. The van der Waals surface area contributed by atoms with Crippen molar-refractivity contribution in [3.05, 3.63) is 90.4 Å². The molecule has 9 heteroatoms. The third-order valence-electron chi connectivity index (χ3n) is 5.62. The molecule has 1 unspecified atom stereocenters. The summed E-state index contributed by atoms with van der Waals surface area (Å²) in [6.45, 7) is 3.53. The van der Waals surface area contributed by atoms with E-state index in [-0.39, 0.29) is 11.8 Å². The summed E-state index contributed by atoms with van der Waals surface area (Å²) in [5.74, 6) is -0.560. The molecule has 0 aliphatic heterocycles. The molecule has 0 radical (unpaired) electrons. The smallest absolute Gasteiger partial charge is 0.259 e. The Bertz CT molecular complexity index is 1510. The number of nitrogens with zero attached hydrogens (tertiary/aromatic N) is 4. The number of amides is 2. The van der Waals surface area contributed by atoms with Crippen LogP contribution in [0.2, 0.25) is 0 Å². The highest BCUT2D eigenvalue weighted by Gasteiger charge is 2.20. The van der Waals surface area contributed by atoms with Crippen LogP contribution in [0, 0.1) is 6.92 Å². The number of fused-ring (bicyclic) bond motifs is 1. The van der Waals surface area contributed by atoms with E-state index in [1.807, 2.05) is 30.3 Å². The van der Waals surface area contributed by atoms with Crippen molar-refractivity contribution in [2.24, 2.45) is 0 Å². The molecule has 1 atom stereocenters. The summed E-state index contributed by atoms with van der Waals surface area (Å²) in [4.78, 5) is 30.5. The second-order valence-corrected chi connectivity index (χ2v) is 8.06. The molecule has 174 valence electrons. The maximum atomic E-state index is 13.4. The molecule has 0 saturated heterocycles. The quantitative estimate of drug-likeness (QED) is 0.370. The molecular weight excluding hydrogens is 444 g/mol. The van der Waals surface area contributed by atoms with Gasteiger partial charge in [0.25, 0.3) is 11.6 Å². The van der Waals surface area contributed by atoms with Crippen molar-refractivity contribution in [2.75, 3.05) is 10.6 Å². The van der Waals surface area contributed by atoms with Gasteiger partial charge in [0.15, 0.2) is 0 Å². The summed E-state index contributed by atoms with van der Waals surface area (Å²) in [5.41, 5.74) is 3.81. The number of rotatable bonds is 6. The summed E-state index contributed by atoms with van der Waals surface area (Å²) >= 11 is 0. The molecule has 0 aliphatic carbocycles. The maximum Gasteiger partial charge on any atom is 0.259 e. The van der Waals surface area contributed by atoms with Crippen LogP contribution >= 0.6 is 0 Å². The third kappa shape index (κ3) is 4.51. The number of carbonyl (C=O) groups is 2. The number of aryl methyl sites for hydroxylation is 1. The molecule has 5 aromatic rings. The van der Waals surface area contributed by atoms with Crippen LogP contribution in [0.3, 0.4) is 0 Å². The van der Waals surface area contributed by atoms with Gasteiger partial charge in [-0.05, 0) is 44.2 Å². The molecule has 0 saturated carbocycles. The van der Waals surface area contributed by atoms with Gasteiger partial charge < -0.3 is 15.2 Å². The Kier molecular flexibility index (Phi) is 5.80. The van der Waals surface area contributed by atoms with Gasteiger partial charge in [-0.15, -0.1) is 0 Å². The second kappa shape index (κ2) is 9.22. The van der Waals surface area contributed by atoms with Crippen molar-refractivity contribution >= 4 is 34.3 Å². The highest BCUT2D eigenvalue weighted by molar-refractivity contribution is 6.13. The van der Waals surface area contributed by atoms with E-state index in [1.165, 1.54) is 0 Å². The normalized spacial score (nSPS) is 11.8. The molecule has 0 fully saturated rings. The molecule has 0 aliphatic rings. The van der Waals surface area contributed by atoms with Crippen molar-refractivity contribution < 1.29 is 14.1 Å². The van der Waals surface area contributed by atoms with E-state index in [0.29, 0.717) is 39.4 Å². The fourth-order valence-electron chi connectivity index (χ4n) is 3.78. The zero-order chi connectivity index (χ0) is 24.4. The number of hydrogen-bond donors (Lipinski definition) is 2. The van der Waals surface area contributed by atoms with E-state index in [1.54, 1.807) is 67.3 Å². The Morgan fingerprint density at radius 2 is 1.74 bits per heavy atom. The van der Waals surface area contributed by atoms with Gasteiger partial charge in [-0.3, -0.25) is 14.3 Å². The van der Waals surface area contributed by atoms with Gasteiger partial charge in [0.05, 0.1) is 22.3 Å². The Labute approximate surface area is 200 Å². The molecule has 2 N–H and O–H groups in total. The number of hydrogen-bond acceptors (Lipinski definition) is 6. The molecular formula is C26H22N6O3. The van der Waals surface area contributed by atoms with Crippen molar-refractivity contribution in [3.8, 4) is 11.3 Å². The molecule has 3 heterocycles. The predicted molar refractivity (Wildman–Crippen MR) is 132 cm³/mol. The van der Waals surface area contributed by atoms with Crippen molar-refractivity contribution in [3.63, 3.8) is 0 Å². The van der Waals surface area contributed by atoms with E-state index in [2.05, 4.69) is 25.9 Å². The monoisotopic (exact) mass is 466 g/mol. The minimum Gasteiger partial charge on any atom is -0.335 e. The van der Waals surface area contributed by atoms with Crippen molar-refractivity contribution in [1.29, 1.82) is 0 Å². The predicted octanol–water partition coefficient (Wildman–Crippen LogP) is 4.85.